The normalized spacial score (nSPS) is 17.8. The van der Waals surface area contributed by atoms with Crippen molar-refractivity contribution in [3.05, 3.63) is 60.7 Å². The van der Waals surface area contributed by atoms with Gasteiger partial charge in [-0.2, -0.15) is 10.2 Å². The summed E-state index contributed by atoms with van der Waals surface area (Å²) in [7, 11) is -3.63. The van der Waals surface area contributed by atoms with Crippen LogP contribution in [0.15, 0.2) is 70.9 Å². The summed E-state index contributed by atoms with van der Waals surface area (Å²) in [5.41, 5.74) is 3.90. The van der Waals surface area contributed by atoms with Gasteiger partial charge in [-0.25, -0.2) is 0 Å². The Kier molecular flexibility index (Phi) is 6.96. The van der Waals surface area contributed by atoms with Crippen LogP contribution >= 0.6 is 0 Å². The third-order valence-corrected chi connectivity index (χ3v) is 8.31. The molecule has 0 aromatic heterocycles. The molecule has 0 atom stereocenters. The number of para-hydroxylation sites is 2. The Bertz CT molecular complexity index is 961. The molecule has 1 fully saturated rings. The first-order valence-corrected chi connectivity index (χ1v) is 17.8. The van der Waals surface area contributed by atoms with E-state index in [9.17, 15) is 4.79 Å². The van der Waals surface area contributed by atoms with Gasteiger partial charge in [-0.05, 0) is 63.5 Å². The van der Waals surface area contributed by atoms with Crippen molar-refractivity contribution in [1.29, 1.82) is 0 Å². The van der Waals surface area contributed by atoms with Crippen LogP contribution in [0.2, 0.25) is 39.3 Å². The minimum absolute atomic E-state index is 0.237. The lowest BCUT2D eigenvalue weighted by atomic mass is 9.95. The summed E-state index contributed by atoms with van der Waals surface area (Å²) in [6, 6.07) is 20.6. The summed E-state index contributed by atoms with van der Waals surface area (Å²) >= 11 is 0. The number of hydrogen-bond donors (Lipinski definition) is 0. The Balaban J connectivity index is 2.08. The van der Waals surface area contributed by atoms with Crippen LogP contribution in [-0.4, -0.2) is 33.7 Å². The van der Waals surface area contributed by atoms with Crippen molar-refractivity contribution in [3.63, 3.8) is 0 Å². The Labute approximate surface area is 188 Å². The molecule has 1 aliphatic rings. The van der Waals surface area contributed by atoms with E-state index in [2.05, 4.69) is 72.9 Å². The van der Waals surface area contributed by atoms with Crippen LogP contribution in [-0.2, 0) is 4.79 Å². The molecule has 0 unspecified atom stereocenters. The Morgan fingerprint density at radius 1 is 0.645 bits per heavy atom. The summed E-state index contributed by atoms with van der Waals surface area (Å²) in [5.74, 6) is 0.237. The fourth-order valence-electron chi connectivity index (χ4n) is 3.55. The molecule has 0 heterocycles. The van der Waals surface area contributed by atoms with Gasteiger partial charge >= 0.3 is 0 Å². The average molecular weight is 451 g/mol. The predicted molar refractivity (Wildman–Crippen MR) is 138 cm³/mol. The van der Waals surface area contributed by atoms with Crippen molar-refractivity contribution >= 4 is 45.1 Å². The smallest absolute Gasteiger partial charge is 0.176 e. The van der Waals surface area contributed by atoms with Gasteiger partial charge < -0.3 is 0 Å². The maximum atomic E-state index is 12.4. The number of ketones is 1. The Morgan fingerprint density at radius 3 is 1.48 bits per heavy atom. The molecule has 7 heteroatoms. The molecule has 31 heavy (non-hydrogen) atoms. The molecule has 0 amide bonds. The molecule has 1 aliphatic carbocycles. The van der Waals surface area contributed by atoms with Crippen molar-refractivity contribution in [1.82, 2.24) is 0 Å². The van der Waals surface area contributed by atoms with E-state index in [0.717, 1.165) is 22.8 Å². The topological polar surface area (TPSA) is 48.3 Å². The number of rotatable bonds is 6. The van der Waals surface area contributed by atoms with Crippen LogP contribution in [0.25, 0.3) is 0 Å². The number of anilines is 2. The van der Waals surface area contributed by atoms with Crippen LogP contribution in [0.4, 0.5) is 11.4 Å². The lowest BCUT2D eigenvalue weighted by Gasteiger charge is -2.35. The van der Waals surface area contributed by atoms with E-state index < -0.39 is 16.5 Å². The third-order valence-electron chi connectivity index (χ3n) is 5.05. The summed E-state index contributed by atoms with van der Waals surface area (Å²) in [5, 5.41) is 10.2. The van der Waals surface area contributed by atoms with E-state index in [4.69, 9.17) is 10.2 Å². The van der Waals surface area contributed by atoms with Gasteiger partial charge in [0.25, 0.3) is 0 Å². The van der Waals surface area contributed by atoms with Gasteiger partial charge in [0.15, 0.2) is 16.5 Å². The van der Waals surface area contributed by atoms with Gasteiger partial charge in [-0.1, -0.05) is 36.4 Å². The monoisotopic (exact) mass is 450 g/mol. The molecular formula is C24H34N4OSi2. The molecule has 164 valence electrons. The van der Waals surface area contributed by atoms with Crippen molar-refractivity contribution in [2.45, 2.75) is 58.5 Å². The van der Waals surface area contributed by atoms with Crippen molar-refractivity contribution in [3.8, 4) is 0 Å². The lowest BCUT2D eigenvalue weighted by molar-refractivity contribution is -0.117. The summed E-state index contributed by atoms with van der Waals surface area (Å²) in [6.07, 6.45) is 1.52. The largest absolute Gasteiger partial charge is 0.299 e. The molecule has 0 aliphatic heterocycles. The van der Waals surface area contributed by atoms with Gasteiger partial charge in [0.05, 0.1) is 17.8 Å². The number of hydrogen-bond acceptors (Lipinski definition) is 5. The summed E-state index contributed by atoms with van der Waals surface area (Å²) < 4.78 is 4.34. The molecule has 2 aromatic rings. The maximum Gasteiger partial charge on any atom is 0.176 e. The molecule has 0 spiro atoms. The highest BCUT2D eigenvalue weighted by Gasteiger charge is 2.31. The quantitative estimate of drug-likeness (QED) is 0.392. The minimum atomic E-state index is -1.83. The van der Waals surface area contributed by atoms with Gasteiger partial charge in [0.1, 0.15) is 5.78 Å². The highest BCUT2D eigenvalue weighted by atomic mass is 28.3. The second-order valence-corrected chi connectivity index (χ2v) is 19.5. The van der Waals surface area contributed by atoms with Gasteiger partial charge in [-0.15, -0.1) is 0 Å². The fraction of sp³-hybridized carbons (Fsp3) is 0.375. The Morgan fingerprint density at radius 2 is 1.06 bits per heavy atom. The number of benzene rings is 2. The second kappa shape index (κ2) is 9.32. The van der Waals surface area contributed by atoms with E-state index in [1.54, 1.807) is 0 Å². The van der Waals surface area contributed by atoms with Crippen LogP contribution in [0.1, 0.15) is 19.3 Å². The summed E-state index contributed by atoms with van der Waals surface area (Å²) in [4.78, 5) is 12.4. The van der Waals surface area contributed by atoms with E-state index >= 15 is 0 Å². The molecule has 0 N–H and O–H groups in total. The van der Waals surface area contributed by atoms with Gasteiger partial charge in [-0.3, -0.25) is 14.1 Å². The third kappa shape index (κ3) is 6.01. The molecule has 2 aromatic carbocycles. The molecular weight excluding hydrogens is 416 g/mol. The van der Waals surface area contributed by atoms with E-state index in [-0.39, 0.29) is 5.78 Å². The highest BCUT2D eigenvalue weighted by molar-refractivity contribution is 6.80. The highest BCUT2D eigenvalue weighted by Crippen LogP contribution is 2.26. The van der Waals surface area contributed by atoms with Gasteiger partial charge in [0.2, 0.25) is 0 Å². The van der Waals surface area contributed by atoms with Gasteiger partial charge in [0, 0.05) is 24.2 Å². The zero-order valence-corrected chi connectivity index (χ0v) is 21.6. The van der Waals surface area contributed by atoms with E-state index in [1.807, 2.05) is 36.4 Å². The summed E-state index contributed by atoms with van der Waals surface area (Å²) in [6.45, 7) is 13.7. The standard InChI is InChI=1S/C24H34N4OSi2/c1-30(2,3)27(20-13-9-7-10-14-20)25-23-18-17-22(29)19-24(23)26-28(31(4,5)6)21-15-11-8-12-16-21/h7-16H,17-19H2,1-6H3. The number of carbonyl (C=O) groups excluding carboxylic acids is 1. The zero-order valence-electron chi connectivity index (χ0n) is 19.6. The van der Waals surface area contributed by atoms with E-state index in [1.165, 1.54) is 0 Å². The van der Waals surface area contributed by atoms with Crippen LogP contribution < -0.4 is 9.35 Å². The molecule has 0 bridgehead atoms. The van der Waals surface area contributed by atoms with E-state index in [0.29, 0.717) is 19.3 Å². The Hall–Kier alpha value is -2.52. The van der Waals surface area contributed by atoms with Crippen molar-refractivity contribution < 1.29 is 4.79 Å². The van der Waals surface area contributed by atoms with Crippen LogP contribution in [0.5, 0.6) is 0 Å². The molecule has 5 nitrogen and oxygen atoms in total. The second-order valence-electron chi connectivity index (χ2n) is 9.95. The number of hydrazone groups is 2. The molecule has 0 radical (unpaired) electrons. The first kappa shape index (κ1) is 23.2. The maximum absolute atomic E-state index is 12.4. The fourth-order valence-corrected chi connectivity index (χ4v) is 6.24. The SMILES string of the molecule is C[Si](C)(C)N(N=C1CCC(=O)CC1=NN(c1ccccc1)[Si](C)(C)C)c1ccccc1. The zero-order chi connectivity index (χ0) is 22.6. The van der Waals surface area contributed by atoms with Crippen LogP contribution in [0, 0.1) is 0 Å². The van der Waals surface area contributed by atoms with Crippen molar-refractivity contribution in [2.24, 2.45) is 10.2 Å². The molecule has 1 saturated carbocycles. The van der Waals surface area contributed by atoms with Crippen LogP contribution in [0.3, 0.4) is 0 Å². The lowest BCUT2D eigenvalue weighted by Crippen LogP contribution is -2.46. The number of Topliss-reactive ketones (excluding diaryl/α,β-unsaturated/α-hetero) is 1. The average Bonchev–Trinajstić information content (AvgIpc) is 2.71. The number of carbonyl (C=O) groups is 1. The first-order valence-electron chi connectivity index (χ1n) is 10.9. The number of nitrogens with zero attached hydrogens (tertiary/aromatic N) is 4. The van der Waals surface area contributed by atoms with Crippen molar-refractivity contribution in [2.75, 3.05) is 9.35 Å². The minimum Gasteiger partial charge on any atom is -0.299 e. The molecule has 0 saturated heterocycles. The first-order chi connectivity index (χ1) is 14.6. The molecule has 3 rings (SSSR count). The predicted octanol–water partition coefficient (Wildman–Crippen LogP) is 6.13.